The Kier molecular flexibility index (Phi) is 4.40. The van der Waals surface area contributed by atoms with Crippen molar-refractivity contribution in [1.82, 2.24) is 5.32 Å². The van der Waals surface area contributed by atoms with E-state index in [9.17, 15) is 14.7 Å². The summed E-state index contributed by atoms with van der Waals surface area (Å²) < 4.78 is 0. The Bertz CT molecular complexity index is 1330. The van der Waals surface area contributed by atoms with Crippen LogP contribution in [0.2, 0.25) is 0 Å². The van der Waals surface area contributed by atoms with Gasteiger partial charge < -0.3 is 10.4 Å². The normalized spacial score (nSPS) is 14.7. The third-order valence-corrected chi connectivity index (χ3v) is 6.87. The third-order valence-electron chi connectivity index (χ3n) is 6.87. The van der Waals surface area contributed by atoms with Crippen LogP contribution in [0.5, 0.6) is 0 Å². The molecule has 0 saturated heterocycles. The molecule has 0 spiro atoms. The van der Waals surface area contributed by atoms with Gasteiger partial charge in [0.05, 0.1) is 5.92 Å². The number of carboxylic acids is 1. The van der Waals surface area contributed by atoms with Crippen LogP contribution in [0.1, 0.15) is 34.1 Å². The third kappa shape index (κ3) is 2.91. The summed E-state index contributed by atoms with van der Waals surface area (Å²) in [4.78, 5) is 26.2. The van der Waals surface area contributed by atoms with E-state index in [1.165, 1.54) is 0 Å². The van der Waals surface area contributed by atoms with E-state index in [0.717, 1.165) is 44.5 Å². The van der Waals surface area contributed by atoms with Crippen molar-refractivity contribution in [3.05, 3.63) is 119 Å². The molecule has 0 heterocycles. The predicted molar refractivity (Wildman–Crippen MR) is 127 cm³/mol. The number of carbonyl (C=O) groups excluding carboxylic acids is 1. The summed E-state index contributed by atoms with van der Waals surface area (Å²) in [5.41, 5.74) is 7.77. The van der Waals surface area contributed by atoms with E-state index in [-0.39, 0.29) is 5.91 Å². The van der Waals surface area contributed by atoms with Crippen molar-refractivity contribution in [1.29, 1.82) is 0 Å². The highest BCUT2D eigenvalue weighted by Gasteiger charge is 2.41. The molecule has 2 aliphatic carbocycles. The molecule has 0 unspecified atom stereocenters. The highest BCUT2D eigenvalue weighted by molar-refractivity contribution is 5.98. The van der Waals surface area contributed by atoms with Crippen LogP contribution < -0.4 is 5.32 Å². The van der Waals surface area contributed by atoms with Gasteiger partial charge in [0.15, 0.2) is 0 Å². The van der Waals surface area contributed by atoms with Crippen LogP contribution in [-0.2, 0) is 9.59 Å². The molecule has 2 aliphatic rings. The molecule has 2 N–H and O–H groups in total. The quantitative estimate of drug-likeness (QED) is 0.468. The van der Waals surface area contributed by atoms with Gasteiger partial charge in [0.1, 0.15) is 6.04 Å². The van der Waals surface area contributed by atoms with E-state index in [4.69, 9.17) is 0 Å². The van der Waals surface area contributed by atoms with E-state index >= 15 is 0 Å². The number of amides is 1. The Hall–Kier alpha value is -4.18. The van der Waals surface area contributed by atoms with Gasteiger partial charge in [-0.2, -0.15) is 0 Å². The van der Waals surface area contributed by atoms with Crippen LogP contribution >= 0.6 is 0 Å². The smallest absolute Gasteiger partial charge is 0.327 e. The van der Waals surface area contributed by atoms with Crippen molar-refractivity contribution >= 4 is 11.9 Å². The van der Waals surface area contributed by atoms with Crippen molar-refractivity contribution in [2.24, 2.45) is 0 Å². The Balaban J connectivity index is 1.42. The van der Waals surface area contributed by atoms with Crippen molar-refractivity contribution < 1.29 is 14.7 Å². The van der Waals surface area contributed by atoms with Crippen LogP contribution in [-0.4, -0.2) is 23.0 Å². The van der Waals surface area contributed by atoms with E-state index in [1.807, 2.05) is 97.1 Å². The SMILES string of the molecule is O=C(N[C@@H](C(=O)O)C1c2ccccc2-c2ccccc21)C1c2ccccc2-c2ccccc21. The molecule has 4 heteroatoms. The number of rotatable bonds is 4. The van der Waals surface area contributed by atoms with Gasteiger partial charge in [0.2, 0.25) is 5.91 Å². The second-order valence-electron chi connectivity index (χ2n) is 8.58. The molecular formula is C29H21NO3. The molecule has 0 radical (unpaired) electrons. The Morgan fingerprint density at radius 3 is 1.39 bits per heavy atom. The van der Waals surface area contributed by atoms with E-state index < -0.39 is 23.8 Å². The maximum atomic E-state index is 13.7. The molecule has 0 saturated carbocycles. The van der Waals surface area contributed by atoms with Crippen LogP contribution in [0.4, 0.5) is 0 Å². The standard InChI is InChI=1S/C29H21NO3/c31-28(26-23-15-7-3-11-19(23)20-12-4-8-16-24(20)26)30-27(29(32)33)25-21-13-5-1-9-17(21)18-10-2-6-14-22(18)25/h1-16,25-27H,(H,30,31)(H,32,33)/t27-/m1/s1. The molecule has 0 aliphatic heterocycles. The number of aliphatic carboxylic acids is 1. The summed E-state index contributed by atoms with van der Waals surface area (Å²) in [6.45, 7) is 0. The molecule has 1 amide bonds. The van der Waals surface area contributed by atoms with Crippen LogP contribution in [0.25, 0.3) is 22.3 Å². The summed E-state index contributed by atoms with van der Waals surface area (Å²) in [5.74, 6) is -2.32. The van der Waals surface area contributed by atoms with Crippen molar-refractivity contribution in [2.45, 2.75) is 17.9 Å². The van der Waals surface area contributed by atoms with Gasteiger partial charge in [-0.1, -0.05) is 97.1 Å². The van der Waals surface area contributed by atoms with Crippen LogP contribution in [0.15, 0.2) is 97.1 Å². The fraction of sp³-hybridized carbons (Fsp3) is 0.103. The maximum Gasteiger partial charge on any atom is 0.327 e. The molecule has 4 aromatic carbocycles. The van der Waals surface area contributed by atoms with Gasteiger partial charge in [-0.15, -0.1) is 0 Å². The molecule has 0 aromatic heterocycles. The Labute approximate surface area is 191 Å². The highest BCUT2D eigenvalue weighted by Crippen LogP contribution is 2.47. The minimum Gasteiger partial charge on any atom is -0.480 e. The van der Waals surface area contributed by atoms with Gasteiger partial charge in [0, 0.05) is 5.92 Å². The van der Waals surface area contributed by atoms with Crippen LogP contribution in [0, 0.1) is 0 Å². The monoisotopic (exact) mass is 431 g/mol. The molecule has 0 fully saturated rings. The van der Waals surface area contributed by atoms with Gasteiger partial charge in [-0.3, -0.25) is 4.79 Å². The second kappa shape index (κ2) is 7.45. The lowest BCUT2D eigenvalue weighted by Crippen LogP contribution is -2.46. The Morgan fingerprint density at radius 1 is 0.606 bits per heavy atom. The van der Waals surface area contributed by atoms with Gasteiger partial charge in [-0.05, 0) is 44.5 Å². The lowest BCUT2D eigenvalue weighted by Gasteiger charge is -2.25. The lowest BCUT2D eigenvalue weighted by molar-refractivity contribution is -0.142. The molecule has 0 bridgehead atoms. The van der Waals surface area contributed by atoms with E-state index in [0.29, 0.717) is 0 Å². The maximum absolute atomic E-state index is 13.7. The van der Waals surface area contributed by atoms with Gasteiger partial charge in [-0.25, -0.2) is 4.79 Å². The Morgan fingerprint density at radius 2 is 0.970 bits per heavy atom. The van der Waals surface area contributed by atoms with Gasteiger partial charge >= 0.3 is 5.97 Å². The van der Waals surface area contributed by atoms with Gasteiger partial charge in [0.25, 0.3) is 0 Å². The molecule has 4 aromatic rings. The van der Waals surface area contributed by atoms with Crippen LogP contribution in [0.3, 0.4) is 0 Å². The summed E-state index contributed by atoms with van der Waals surface area (Å²) in [6.07, 6.45) is 0. The zero-order chi connectivity index (χ0) is 22.5. The summed E-state index contributed by atoms with van der Waals surface area (Å²) >= 11 is 0. The summed E-state index contributed by atoms with van der Waals surface area (Å²) in [5, 5.41) is 13.2. The number of nitrogens with one attached hydrogen (secondary N) is 1. The van der Waals surface area contributed by atoms with Crippen molar-refractivity contribution in [3.63, 3.8) is 0 Å². The first-order chi connectivity index (χ1) is 16.1. The first kappa shape index (κ1) is 19.5. The van der Waals surface area contributed by atoms with Crippen molar-refractivity contribution in [3.8, 4) is 22.3 Å². The number of hydrogen-bond acceptors (Lipinski definition) is 2. The molecule has 6 rings (SSSR count). The number of benzene rings is 4. The molecule has 160 valence electrons. The second-order valence-corrected chi connectivity index (χ2v) is 8.58. The molecule has 33 heavy (non-hydrogen) atoms. The van der Waals surface area contributed by atoms with E-state index in [2.05, 4.69) is 5.32 Å². The zero-order valence-corrected chi connectivity index (χ0v) is 17.7. The fourth-order valence-electron chi connectivity index (χ4n) is 5.52. The minimum atomic E-state index is -1.08. The molecule has 4 nitrogen and oxygen atoms in total. The first-order valence-electron chi connectivity index (χ1n) is 11.0. The fourth-order valence-corrected chi connectivity index (χ4v) is 5.52. The topological polar surface area (TPSA) is 66.4 Å². The number of hydrogen-bond donors (Lipinski definition) is 2. The molecule has 1 atom stereocenters. The molecular weight excluding hydrogens is 410 g/mol. The number of carbonyl (C=O) groups is 2. The highest BCUT2D eigenvalue weighted by atomic mass is 16.4. The predicted octanol–water partition coefficient (Wildman–Crippen LogP) is 5.18. The lowest BCUT2D eigenvalue weighted by atomic mass is 9.88. The summed E-state index contributed by atoms with van der Waals surface area (Å²) in [6, 6.07) is 30.3. The van der Waals surface area contributed by atoms with Crippen molar-refractivity contribution in [2.75, 3.05) is 0 Å². The largest absolute Gasteiger partial charge is 0.480 e. The number of fused-ring (bicyclic) bond motifs is 6. The average molecular weight is 431 g/mol. The first-order valence-corrected chi connectivity index (χ1v) is 11.0. The van der Waals surface area contributed by atoms with E-state index in [1.54, 1.807) is 0 Å². The number of carboxylic acid groups (broad SMARTS) is 1. The minimum absolute atomic E-state index is 0.290. The average Bonchev–Trinajstić information content (AvgIpc) is 3.36. The zero-order valence-electron chi connectivity index (χ0n) is 17.7. The summed E-state index contributed by atoms with van der Waals surface area (Å²) in [7, 11) is 0.